The first-order valence-electron chi connectivity index (χ1n) is 9.53. The smallest absolute Gasteiger partial charge is 0.320 e. The van der Waals surface area contributed by atoms with E-state index < -0.39 is 0 Å². The Morgan fingerprint density at radius 2 is 2.25 bits per heavy atom. The van der Waals surface area contributed by atoms with E-state index in [0.717, 1.165) is 12.1 Å². The molecule has 0 unspecified atom stereocenters. The largest absolute Gasteiger partial charge is 0.398 e. The standard InChI is InChI=1S/C21H30N6O/c1-4-6-10-16(5-2)14(3)26-21(28)27-19-11-18(22)17(13-24-19)20(23)25-12-15-8-7-9-15/h4-6,10-11,13-15H,1,7-9,12H2,2-3H3,(H2,23,25)(H4,22,24,26,27,28)/b10-6-,16-5+/t14-/m1/s1. The Morgan fingerprint density at radius 3 is 2.82 bits per heavy atom. The lowest BCUT2D eigenvalue weighted by Crippen LogP contribution is -2.37. The number of anilines is 2. The maximum absolute atomic E-state index is 12.2. The van der Waals surface area contributed by atoms with Gasteiger partial charge in [0.25, 0.3) is 0 Å². The quantitative estimate of drug-likeness (QED) is 0.313. The highest BCUT2D eigenvalue weighted by Crippen LogP contribution is 2.26. The van der Waals surface area contributed by atoms with Crippen LogP contribution >= 0.6 is 0 Å². The number of rotatable bonds is 8. The molecule has 2 rings (SSSR count). The molecule has 0 spiro atoms. The van der Waals surface area contributed by atoms with E-state index in [4.69, 9.17) is 11.5 Å². The fourth-order valence-electron chi connectivity index (χ4n) is 2.84. The SMILES string of the molecule is C=C/C=C\C(=C/C)[C@@H](C)NC(=O)Nc1cc(N)c(C(N)=NCC2CCC2)cn1. The highest BCUT2D eigenvalue weighted by Gasteiger charge is 2.17. The number of nitrogens with zero attached hydrogens (tertiary/aromatic N) is 2. The number of hydrogen-bond acceptors (Lipinski definition) is 4. The van der Waals surface area contributed by atoms with Gasteiger partial charge >= 0.3 is 6.03 Å². The van der Waals surface area contributed by atoms with Crippen LogP contribution in [0.3, 0.4) is 0 Å². The highest BCUT2D eigenvalue weighted by atomic mass is 16.2. The Balaban J connectivity index is 1.96. The summed E-state index contributed by atoms with van der Waals surface area (Å²) in [4.78, 5) is 20.9. The minimum Gasteiger partial charge on any atom is -0.398 e. The van der Waals surface area contributed by atoms with Crippen molar-refractivity contribution in [1.82, 2.24) is 10.3 Å². The molecule has 1 aromatic rings. The second kappa shape index (κ2) is 10.3. The Kier molecular flexibility index (Phi) is 7.80. The molecule has 1 aromatic heterocycles. The summed E-state index contributed by atoms with van der Waals surface area (Å²) in [5.41, 5.74) is 14.1. The number of aliphatic imine (C=N–C) groups is 1. The lowest BCUT2D eigenvalue weighted by Gasteiger charge is -2.23. The third kappa shape index (κ3) is 5.97. The summed E-state index contributed by atoms with van der Waals surface area (Å²) >= 11 is 0. The zero-order valence-corrected chi connectivity index (χ0v) is 16.6. The van der Waals surface area contributed by atoms with Crippen LogP contribution in [0.15, 0.2) is 53.7 Å². The predicted octanol–water partition coefficient (Wildman–Crippen LogP) is 3.37. The Bertz CT molecular complexity index is 792. The number of urea groups is 1. The van der Waals surface area contributed by atoms with Crippen molar-refractivity contribution in [2.45, 2.75) is 39.2 Å². The van der Waals surface area contributed by atoms with Crippen molar-refractivity contribution in [2.75, 3.05) is 17.6 Å². The number of carbonyl (C=O) groups excluding carboxylic acids is 1. The zero-order chi connectivity index (χ0) is 20.5. The minimum absolute atomic E-state index is 0.174. The molecule has 0 radical (unpaired) electrons. The van der Waals surface area contributed by atoms with E-state index >= 15 is 0 Å². The van der Waals surface area contributed by atoms with Crippen LogP contribution in [0.2, 0.25) is 0 Å². The van der Waals surface area contributed by atoms with Gasteiger partial charge in [-0.05, 0) is 38.2 Å². The average molecular weight is 383 g/mol. The molecule has 1 aliphatic carbocycles. The predicted molar refractivity (Wildman–Crippen MR) is 116 cm³/mol. The number of aromatic nitrogens is 1. The monoisotopic (exact) mass is 382 g/mol. The zero-order valence-electron chi connectivity index (χ0n) is 16.6. The molecule has 0 aliphatic heterocycles. The Hall–Kier alpha value is -3.09. The lowest BCUT2D eigenvalue weighted by atomic mass is 9.86. The minimum atomic E-state index is -0.370. The fraction of sp³-hybridized carbons (Fsp3) is 0.381. The van der Waals surface area contributed by atoms with Crippen LogP contribution in [0.4, 0.5) is 16.3 Å². The van der Waals surface area contributed by atoms with E-state index in [9.17, 15) is 4.79 Å². The molecule has 2 amide bonds. The molecule has 6 N–H and O–H groups in total. The molecule has 1 saturated carbocycles. The molecule has 150 valence electrons. The summed E-state index contributed by atoms with van der Waals surface area (Å²) in [7, 11) is 0. The molecular formula is C21H30N6O. The molecule has 1 heterocycles. The van der Waals surface area contributed by atoms with Gasteiger partial charge in [-0.25, -0.2) is 9.78 Å². The molecule has 7 nitrogen and oxygen atoms in total. The molecular weight excluding hydrogens is 352 g/mol. The van der Waals surface area contributed by atoms with Gasteiger partial charge in [-0.15, -0.1) is 0 Å². The van der Waals surface area contributed by atoms with Crippen LogP contribution < -0.4 is 22.1 Å². The highest BCUT2D eigenvalue weighted by molar-refractivity contribution is 6.02. The van der Waals surface area contributed by atoms with Crippen molar-refractivity contribution in [3.05, 3.63) is 54.3 Å². The van der Waals surface area contributed by atoms with Crippen molar-refractivity contribution >= 4 is 23.4 Å². The summed E-state index contributed by atoms with van der Waals surface area (Å²) in [6.07, 6.45) is 12.6. The van der Waals surface area contributed by atoms with Gasteiger partial charge in [0.1, 0.15) is 11.7 Å². The van der Waals surface area contributed by atoms with Crippen molar-refractivity contribution in [2.24, 2.45) is 16.6 Å². The molecule has 0 bridgehead atoms. The van der Waals surface area contributed by atoms with E-state index in [0.29, 0.717) is 28.8 Å². The number of pyridine rings is 1. The van der Waals surface area contributed by atoms with Gasteiger partial charge in [0, 0.05) is 24.5 Å². The lowest BCUT2D eigenvalue weighted by molar-refractivity contribution is 0.250. The first-order chi connectivity index (χ1) is 13.4. The van der Waals surface area contributed by atoms with E-state index in [2.05, 4.69) is 27.2 Å². The molecule has 1 aliphatic rings. The fourth-order valence-corrected chi connectivity index (χ4v) is 2.84. The number of nitrogens with two attached hydrogens (primary N) is 2. The number of nitrogen functional groups attached to an aromatic ring is 1. The number of allylic oxidation sites excluding steroid dienone is 3. The first-order valence-corrected chi connectivity index (χ1v) is 9.53. The van der Waals surface area contributed by atoms with Crippen LogP contribution in [0.1, 0.15) is 38.7 Å². The molecule has 1 fully saturated rings. The summed E-state index contributed by atoms with van der Waals surface area (Å²) in [6.45, 7) is 8.18. The summed E-state index contributed by atoms with van der Waals surface area (Å²) in [6, 6.07) is 1.04. The third-order valence-electron chi connectivity index (χ3n) is 4.80. The molecule has 0 aromatic carbocycles. The van der Waals surface area contributed by atoms with Gasteiger partial charge < -0.3 is 16.8 Å². The normalized spacial score (nSPS) is 16.5. The number of amides is 2. The second-order valence-electron chi connectivity index (χ2n) is 6.88. The van der Waals surface area contributed by atoms with Crippen molar-refractivity contribution in [3.8, 4) is 0 Å². The summed E-state index contributed by atoms with van der Waals surface area (Å²) in [5.74, 6) is 1.36. The van der Waals surface area contributed by atoms with E-state index in [1.54, 1.807) is 12.1 Å². The van der Waals surface area contributed by atoms with E-state index in [1.807, 2.05) is 32.1 Å². The Labute approximate surface area is 166 Å². The maximum atomic E-state index is 12.2. The molecule has 28 heavy (non-hydrogen) atoms. The maximum Gasteiger partial charge on any atom is 0.320 e. The first kappa shape index (κ1) is 21.2. The van der Waals surface area contributed by atoms with Gasteiger partial charge in [0.15, 0.2) is 0 Å². The molecule has 1 atom stereocenters. The van der Waals surface area contributed by atoms with Gasteiger partial charge in [0.2, 0.25) is 0 Å². The number of carbonyl (C=O) groups is 1. The summed E-state index contributed by atoms with van der Waals surface area (Å²) in [5, 5.41) is 5.55. The van der Waals surface area contributed by atoms with Crippen LogP contribution in [-0.2, 0) is 0 Å². The molecule has 0 saturated heterocycles. The number of hydrogen-bond donors (Lipinski definition) is 4. The van der Waals surface area contributed by atoms with Crippen molar-refractivity contribution in [1.29, 1.82) is 0 Å². The van der Waals surface area contributed by atoms with Crippen LogP contribution in [0.25, 0.3) is 0 Å². The van der Waals surface area contributed by atoms with Gasteiger partial charge in [0.05, 0.1) is 11.6 Å². The van der Waals surface area contributed by atoms with Gasteiger partial charge in [-0.2, -0.15) is 0 Å². The van der Waals surface area contributed by atoms with Gasteiger partial charge in [-0.3, -0.25) is 10.3 Å². The van der Waals surface area contributed by atoms with Crippen molar-refractivity contribution < 1.29 is 4.79 Å². The average Bonchev–Trinajstić information content (AvgIpc) is 2.60. The van der Waals surface area contributed by atoms with E-state index in [-0.39, 0.29) is 12.1 Å². The van der Waals surface area contributed by atoms with Gasteiger partial charge in [-0.1, -0.05) is 37.3 Å². The van der Waals surface area contributed by atoms with Crippen LogP contribution in [0, 0.1) is 5.92 Å². The summed E-state index contributed by atoms with van der Waals surface area (Å²) < 4.78 is 0. The van der Waals surface area contributed by atoms with Crippen LogP contribution in [0.5, 0.6) is 0 Å². The number of nitrogens with one attached hydrogen (secondary N) is 2. The van der Waals surface area contributed by atoms with Crippen LogP contribution in [-0.4, -0.2) is 29.4 Å². The molecule has 7 heteroatoms. The Morgan fingerprint density at radius 1 is 1.50 bits per heavy atom. The topological polar surface area (TPSA) is 118 Å². The third-order valence-corrected chi connectivity index (χ3v) is 4.80. The van der Waals surface area contributed by atoms with E-state index in [1.165, 1.54) is 25.5 Å². The number of amidine groups is 1. The van der Waals surface area contributed by atoms with Crippen molar-refractivity contribution in [3.63, 3.8) is 0 Å². The second-order valence-corrected chi connectivity index (χ2v) is 6.88.